The second kappa shape index (κ2) is 3.81. The van der Waals surface area contributed by atoms with Gasteiger partial charge in [-0.25, -0.2) is 0 Å². The monoisotopic (exact) mass is 166 g/mol. The number of hydrogen-bond acceptors (Lipinski definition) is 0. The van der Waals surface area contributed by atoms with Gasteiger partial charge in [-0.15, -0.1) is 0 Å². The van der Waals surface area contributed by atoms with E-state index in [1.165, 1.54) is 38.5 Å². The van der Waals surface area contributed by atoms with Crippen LogP contribution in [-0.2, 0) is 0 Å². The van der Waals surface area contributed by atoms with E-state index in [1.807, 2.05) is 0 Å². The number of fused-ring (bicyclic) bond motifs is 6. The third kappa shape index (κ3) is 1.84. The van der Waals surface area contributed by atoms with E-state index in [1.54, 1.807) is 12.8 Å². The lowest BCUT2D eigenvalue weighted by Gasteiger charge is -2.33. The summed E-state index contributed by atoms with van der Waals surface area (Å²) in [6.45, 7) is 2.48. The summed E-state index contributed by atoms with van der Waals surface area (Å²) in [5.41, 5.74) is 0. The molecule has 0 N–H and O–H groups in total. The van der Waals surface area contributed by atoms with Crippen molar-refractivity contribution >= 4 is 0 Å². The molecule has 2 bridgehead atoms. The Bertz CT molecular complexity index is 127. The topological polar surface area (TPSA) is 0 Å². The fraction of sp³-hybridized carbons (Fsp3) is 1.00. The van der Waals surface area contributed by atoms with Crippen molar-refractivity contribution in [2.24, 2.45) is 17.8 Å². The van der Waals surface area contributed by atoms with Crippen LogP contribution in [0, 0.1) is 17.8 Å². The van der Waals surface area contributed by atoms with Crippen molar-refractivity contribution in [3.05, 3.63) is 0 Å². The van der Waals surface area contributed by atoms with Crippen LogP contribution in [0.25, 0.3) is 0 Å². The molecule has 0 aromatic carbocycles. The molecule has 3 rings (SSSR count). The van der Waals surface area contributed by atoms with Gasteiger partial charge in [0.05, 0.1) is 0 Å². The van der Waals surface area contributed by atoms with E-state index in [0.29, 0.717) is 0 Å². The molecule has 0 saturated heterocycles. The molecule has 3 aliphatic rings. The molecule has 0 aromatic heterocycles. The summed E-state index contributed by atoms with van der Waals surface area (Å²) in [6, 6.07) is 0. The molecule has 3 aliphatic carbocycles. The van der Waals surface area contributed by atoms with Gasteiger partial charge in [-0.3, -0.25) is 0 Å². The predicted molar refractivity (Wildman–Crippen MR) is 53.1 cm³/mol. The molecule has 0 spiro atoms. The minimum atomic E-state index is 1.04. The Morgan fingerprint density at radius 3 is 2.08 bits per heavy atom. The van der Waals surface area contributed by atoms with Gasteiger partial charge < -0.3 is 0 Å². The molecule has 0 radical (unpaired) electrons. The maximum Gasteiger partial charge on any atom is -0.0388 e. The van der Waals surface area contributed by atoms with Gasteiger partial charge in [0.15, 0.2) is 0 Å². The van der Waals surface area contributed by atoms with Crippen molar-refractivity contribution in [1.82, 2.24) is 0 Å². The predicted octanol–water partition coefficient (Wildman–Crippen LogP) is 4.00. The first-order valence-corrected chi connectivity index (χ1v) is 5.86. The minimum absolute atomic E-state index is 1.04. The molecule has 12 heavy (non-hydrogen) atoms. The molecule has 0 aliphatic heterocycles. The second-order valence-electron chi connectivity index (χ2n) is 5.04. The average Bonchev–Trinajstić information content (AvgIpc) is 1.97. The van der Waals surface area contributed by atoms with Gasteiger partial charge in [0.25, 0.3) is 0 Å². The van der Waals surface area contributed by atoms with Crippen LogP contribution in [-0.4, -0.2) is 0 Å². The smallest absolute Gasteiger partial charge is 0.0388 e. The van der Waals surface area contributed by atoms with Crippen molar-refractivity contribution in [3.8, 4) is 0 Å². The maximum absolute atomic E-state index is 2.48. The molecular formula is C12H22. The van der Waals surface area contributed by atoms with Crippen molar-refractivity contribution in [2.45, 2.75) is 58.3 Å². The molecule has 1 atom stereocenters. The van der Waals surface area contributed by atoms with Crippen LogP contribution in [0.5, 0.6) is 0 Å². The Kier molecular flexibility index (Phi) is 2.73. The van der Waals surface area contributed by atoms with Gasteiger partial charge >= 0.3 is 0 Å². The zero-order chi connectivity index (χ0) is 8.39. The van der Waals surface area contributed by atoms with E-state index < -0.39 is 0 Å². The van der Waals surface area contributed by atoms with E-state index in [9.17, 15) is 0 Å². The lowest BCUT2D eigenvalue weighted by molar-refractivity contribution is 0.189. The molecule has 0 nitrogen and oxygen atoms in total. The molecule has 1 unspecified atom stereocenters. The largest absolute Gasteiger partial charge is 0.0622 e. The Morgan fingerprint density at radius 1 is 0.750 bits per heavy atom. The first-order valence-electron chi connectivity index (χ1n) is 5.86. The van der Waals surface area contributed by atoms with Crippen LogP contribution in [0.2, 0.25) is 0 Å². The highest BCUT2D eigenvalue weighted by molar-refractivity contribution is 4.77. The SMILES string of the molecule is CC1CCC2CCCC1CCC2. The molecule has 0 heterocycles. The summed E-state index contributed by atoms with van der Waals surface area (Å²) in [7, 11) is 0. The third-order valence-corrected chi connectivity index (χ3v) is 4.21. The summed E-state index contributed by atoms with van der Waals surface area (Å²) in [5.74, 6) is 3.23. The zero-order valence-corrected chi connectivity index (χ0v) is 8.39. The fourth-order valence-electron chi connectivity index (χ4n) is 3.22. The van der Waals surface area contributed by atoms with E-state index in [4.69, 9.17) is 0 Å². The molecular weight excluding hydrogens is 144 g/mol. The normalized spacial score (nSPS) is 43.2. The Labute approximate surface area is 76.7 Å². The summed E-state index contributed by atoms with van der Waals surface area (Å²) in [6.07, 6.45) is 12.3. The molecule has 0 aromatic rings. The first-order chi connectivity index (χ1) is 5.86. The van der Waals surface area contributed by atoms with E-state index >= 15 is 0 Å². The summed E-state index contributed by atoms with van der Waals surface area (Å²) in [5, 5.41) is 0. The minimum Gasteiger partial charge on any atom is -0.0622 e. The molecule has 3 saturated carbocycles. The van der Waals surface area contributed by atoms with Crippen molar-refractivity contribution < 1.29 is 0 Å². The van der Waals surface area contributed by atoms with E-state index in [0.717, 1.165) is 17.8 Å². The van der Waals surface area contributed by atoms with Crippen molar-refractivity contribution in [2.75, 3.05) is 0 Å². The maximum atomic E-state index is 2.48. The lowest BCUT2D eigenvalue weighted by Crippen LogP contribution is -2.20. The zero-order valence-electron chi connectivity index (χ0n) is 8.39. The van der Waals surface area contributed by atoms with Crippen LogP contribution in [0.1, 0.15) is 58.3 Å². The summed E-state index contributed by atoms with van der Waals surface area (Å²) < 4.78 is 0. The molecule has 70 valence electrons. The van der Waals surface area contributed by atoms with Gasteiger partial charge in [-0.2, -0.15) is 0 Å². The van der Waals surface area contributed by atoms with Crippen molar-refractivity contribution in [3.63, 3.8) is 0 Å². The fourth-order valence-corrected chi connectivity index (χ4v) is 3.22. The first kappa shape index (κ1) is 8.59. The van der Waals surface area contributed by atoms with E-state index in [2.05, 4.69) is 6.92 Å². The summed E-state index contributed by atoms with van der Waals surface area (Å²) >= 11 is 0. The highest BCUT2D eigenvalue weighted by atomic mass is 14.3. The highest BCUT2D eigenvalue weighted by Crippen LogP contribution is 2.38. The van der Waals surface area contributed by atoms with E-state index in [-0.39, 0.29) is 0 Å². The molecule has 0 amide bonds. The lowest BCUT2D eigenvalue weighted by atomic mass is 9.73. The third-order valence-electron chi connectivity index (χ3n) is 4.21. The quantitative estimate of drug-likeness (QED) is 0.510. The Morgan fingerprint density at radius 2 is 1.42 bits per heavy atom. The van der Waals surface area contributed by atoms with Crippen LogP contribution >= 0.6 is 0 Å². The van der Waals surface area contributed by atoms with Crippen molar-refractivity contribution in [1.29, 1.82) is 0 Å². The van der Waals surface area contributed by atoms with Gasteiger partial charge in [0, 0.05) is 0 Å². The van der Waals surface area contributed by atoms with Gasteiger partial charge in [-0.05, 0) is 17.8 Å². The van der Waals surface area contributed by atoms with Gasteiger partial charge in [-0.1, -0.05) is 58.3 Å². The van der Waals surface area contributed by atoms with Crippen LogP contribution in [0.3, 0.4) is 0 Å². The van der Waals surface area contributed by atoms with Crippen LogP contribution in [0.15, 0.2) is 0 Å². The number of hydrogen-bond donors (Lipinski definition) is 0. The summed E-state index contributed by atoms with van der Waals surface area (Å²) in [4.78, 5) is 0. The highest BCUT2D eigenvalue weighted by Gasteiger charge is 2.25. The standard InChI is InChI=1S/C12H22/c1-10-8-9-11-4-2-6-12(10)7-3-5-11/h10-12H,2-9H2,1H3. The Balaban J connectivity index is 2.02. The number of rotatable bonds is 0. The Hall–Kier alpha value is 0. The van der Waals surface area contributed by atoms with Gasteiger partial charge in [0.2, 0.25) is 0 Å². The second-order valence-corrected chi connectivity index (χ2v) is 5.04. The van der Waals surface area contributed by atoms with Crippen LogP contribution < -0.4 is 0 Å². The molecule has 3 fully saturated rings. The average molecular weight is 166 g/mol. The molecule has 0 heteroatoms. The van der Waals surface area contributed by atoms with Gasteiger partial charge in [0.1, 0.15) is 0 Å². The van der Waals surface area contributed by atoms with Crippen LogP contribution in [0.4, 0.5) is 0 Å².